The van der Waals surface area contributed by atoms with Gasteiger partial charge in [-0.15, -0.1) is 0 Å². The highest BCUT2D eigenvalue weighted by atomic mass is 16.5. The second-order valence-corrected chi connectivity index (χ2v) is 6.96. The lowest BCUT2D eigenvalue weighted by Crippen LogP contribution is -2.47. The summed E-state index contributed by atoms with van der Waals surface area (Å²) in [4.78, 5) is 2.49. The van der Waals surface area contributed by atoms with Crippen LogP contribution in [-0.2, 0) is 11.3 Å². The maximum Gasteiger partial charge on any atom is 0.0825 e. The molecule has 3 rings (SSSR count). The van der Waals surface area contributed by atoms with Gasteiger partial charge in [0.05, 0.1) is 5.60 Å². The lowest BCUT2D eigenvalue weighted by atomic mass is 9.93. The summed E-state index contributed by atoms with van der Waals surface area (Å²) in [6, 6.07) is 7.68. The minimum atomic E-state index is -0.00309. The predicted molar refractivity (Wildman–Crippen MR) is 87.9 cm³/mol. The Bertz CT molecular complexity index is 498. The molecule has 1 aromatic carbocycles. The first-order valence-corrected chi connectivity index (χ1v) is 8.23. The van der Waals surface area contributed by atoms with E-state index in [9.17, 15) is 0 Å². The first-order chi connectivity index (χ1) is 10.1. The number of piperidine rings is 1. The Balaban J connectivity index is 1.69. The highest BCUT2D eigenvalue weighted by Crippen LogP contribution is 2.30. The summed E-state index contributed by atoms with van der Waals surface area (Å²) in [5.74, 6) is 0. The Labute approximate surface area is 128 Å². The van der Waals surface area contributed by atoms with E-state index in [1.54, 1.807) is 0 Å². The van der Waals surface area contributed by atoms with Crippen molar-refractivity contribution < 1.29 is 4.74 Å². The van der Waals surface area contributed by atoms with Gasteiger partial charge in [0.2, 0.25) is 0 Å². The molecule has 1 aromatic rings. The molecule has 1 aliphatic carbocycles. The molecule has 1 saturated heterocycles. The summed E-state index contributed by atoms with van der Waals surface area (Å²) in [7, 11) is 1.84. The first kappa shape index (κ1) is 14.9. The van der Waals surface area contributed by atoms with Gasteiger partial charge in [0.15, 0.2) is 0 Å². The van der Waals surface area contributed by atoms with E-state index in [1.807, 2.05) is 7.11 Å². The first-order valence-electron chi connectivity index (χ1n) is 8.23. The van der Waals surface area contributed by atoms with Crippen LogP contribution in [-0.4, -0.2) is 31.8 Å². The van der Waals surface area contributed by atoms with Crippen molar-refractivity contribution in [3.8, 4) is 0 Å². The fourth-order valence-corrected chi connectivity index (χ4v) is 3.31. The van der Waals surface area contributed by atoms with Gasteiger partial charge in [-0.25, -0.2) is 0 Å². The van der Waals surface area contributed by atoms with Crippen LogP contribution in [0.15, 0.2) is 18.2 Å². The maximum atomic E-state index is 5.71. The average Bonchev–Trinajstić information content (AvgIpc) is 3.29. The van der Waals surface area contributed by atoms with E-state index < -0.39 is 0 Å². The van der Waals surface area contributed by atoms with E-state index >= 15 is 0 Å². The summed E-state index contributed by atoms with van der Waals surface area (Å²) >= 11 is 0. The number of rotatable bonds is 5. The molecule has 0 bridgehead atoms. The smallest absolute Gasteiger partial charge is 0.0825 e. The van der Waals surface area contributed by atoms with Crippen molar-refractivity contribution in [2.24, 2.45) is 0 Å². The molecule has 0 radical (unpaired) electrons. The monoisotopic (exact) mass is 288 g/mol. The number of ether oxygens (including phenoxy) is 1. The molecular weight excluding hydrogens is 260 g/mol. The number of nitrogens with zero attached hydrogens (tertiary/aromatic N) is 1. The Hall–Kier alpha value is -1.06. The molecule has 116 valence electrons. The van der Waals surface area contributed by atoms with Crippen LogP contribution in [0.1, 0.15) is 43.7 Å². The van der Waals surface area contributed by atoms with Crippen molar-refractivity contribution in [3.63, 3.8) is 0 Å². The highest BCUT2D eigenvalue weighted by molar-refractivity contribution is 5.55. The van der Waals surface area contributed by atoms with Crippen LogP contribution in [0.4, 0.5) is 5.69 Å². The molecule has 21 heavy (non-hydrogen) atoms. The number of benzene rings is 1. The standard InChI is InChI=1S/C18H28N2O/c1-14-11-15(12-19-16-6-7-16)5-8-17(14)20-10-4-9-18(2,13-20)21-3/h5,8,11,16,19H,4,6-7,9-10,12-13H2,1-3H3. The lowest BCUT2D eigenvalue weighted by molar-refractivity contribution is -0.00467. The normalized spacial score (nSPS) is 26.1. The van der Waals surface area contributed by atoms with E-state index in [4.69, 9.17) is 4.74 Å². The second-order valence-electron chi connectivity index (χ2n) is 6.96. The molecule has 1 heterocycles. The number of nitrogens with one attached hydrogen (secondary N) is 1. The van der Waals surface area contributed by atoms with Crippen molar-refractivity contribution in [2.75, 3.05) is 25.1 Å². The van der Waals surface area contributed by atoms with Crippen LogP contribution >= 0.6 is 0 Å². The maximum absolute atomic E-state index is 5.71. The van der Waals surface area contributed by atoms with Gasteiger partial charge in [0, 0.05) is 38.5 Å². The molecular formula is C18H28N2O. The fraction of sp³-hybridized carbons (Fsp3) is 0.667. The summed E-state index contributed by atoms with van der Waals surface area (Å²) in [6.07, 6.45) is 5.05. The molecule has 2 aliphatic rings. The topological polar surface area (TPSA) is 24.5 Å². The molecule has 2 fully saturated rings. The summed E-state index contributed by atoms with van der Waals surface area (Å²) < 4.78 is 5.71. The van der Waals surface area contributed by atoms with Crippen LogP contribution in [0, 0.1) is 6.92 Å². The molecule has 1 unspecified atom stereocenters. The molecule has 1 saturated carbocycles. The Kier molecular flexibility index (Phi) is 4.23. The quantitative estimate of drug-likeness (QED) is 0.900. The third-order valence-electron chi connectivity index (χ3n) is 4.93. The summed E-state index contributed by atoms with van der Waals surface area (Å²) in [6.45, 7) is 7.59. The van der Waals surface area contributed by atoms with Crippen LogP contribution < -0.4 is 10.2 Å². The zero-order valence-electron chi connectivity index (χ0n) is 13.6. The zero-order valence-corrected chi connectivity index (χ0v) is 13.6. The number of hydrogen-bond donors (Lipinski definition) is 1. The third kappa shape index (κ3) is 3.58. The number of hydrogen-bond acceptors (Lipinski definition) is 3. The van der Waals surface area contributed by atoms with Crippen LogP contribution in [0.25, 0.3) is 0 Å². The highest BCUT2D eigenvalue weighted by Gasteiger charge is 2.31. The number of aryl methyl sites for hydroxylation is 1. The predicted octanol–water partition coefficient (Wildman–Crippen LogP) is 3.25. The molecule has 1 atom stereocenters. The molecule has 3 nitrogen and oxygen atoms in total. The van der Waals surface area contributed by atoms with Crippen molar-refractivity contribution in [1.29, 1.82) is 0 Å². The molecule has 1 aliphatic heterocycles. The molecule has 3 heteroatoms. The fourth-order valence-electron chi connectivity index (χ4n) is 3.31. The SMILES string of the molecule is COC1(C)CCCN(c2ccc(CNC3CC3)cc2C)C1. The van der Waals surface area contributed by atoms with E-state index in [-0.39, 0.29) is 5.60 Å². The second kappa shape index (κ2) is 5.98. The van der Waals surface area contributed by atoms with Crippen molar-refractivity contribution in [1.82, 2.24) is 5.32 Å². The van der Waals surface area contributed by atoms with Crippen LogP contribution in [0.5, 0.6) is 0 Å². The van der Waals surface area contributed by atoms with Gasteiger partial charge in [-0.2, -0.15) is 0 Å². The van der Waals surface area contributed by atoms with E-state index in [1.165, 1.54) is 36.1 Å². The molecule has 0 aromatic heterocycles. The Morgan fingerprint density at radius 1 is 1.38 bits per heavy atom. The molecule has 0 amide bonds. The third-order valence-corrected chi connectivity index (χ3v) is 4.93. The Morgan fingerprint density at radius 3 is 2.86 bits per heavy atom. The summed E-state index contributed by atoms with van der Waals surface area (Å²) in [5.41, 5.74) is 4.14. The van der Waals surface area contributed by atoms with Crippen LogP contribution in [0.3, 0.4) is 0 Å². The van der Waals surface area contributed by atoms with Crippen LogP contribution in [0.2, 0.25) is 0 Å². The average molecular weight is 288 g/mol. The number of anilines is 1. The van der Waals surface area contributed by atoms with Gasteiger partial charge in [0.25, 0.3) is 0 Å². The summed E-state index contributed by atoms with van der Waals surface area (Å²) in [5, 5.41) is 3.59. The number of methoxy groups -OCH3 is 1. The minimum absolute atomic E-state index is 0.00309. The zero-order chi connectivity index (χ0) is 14.9. The largest absolute Gasteiger partial charge is 0.377 e. The van der Waals surface area contributed by atoms with Gasteiger partial charge in [-0.05, 0) is 56.7 Å². The van der Waals surface area contributed by atoms with Gasteiger partial charge in [0.1, 0.15) is 0 Å². The van der Waals surface area contributed by atoms with E-state index in [0.29, 0.717) is 0 Å². The lowest BCUT2D eigenvalue weighted by Gasteiger charge is -2.41. The van der Waals surface area contributed by atoms with E-state index in [0.717, 1.165) is 32.1 Å². The molecule has 1 N–H and O–H groups in total. The molecule has 0 spiro atoms. The van der Waals surface area contributed by atoms with Crippen molar-refractivity contribution in [3.05, 3.63) is 29.3 Å². The van der Waals surface area contributed by atoms with Crippen molar-refractivity contribution in [2.45, 2.75) is 57.7 Å². The van der Waals surface area contributed by atoms with Gasteiger partial charge in [-0.3, -0.25) is 0 Å². The van der Waals surface area contributed by atoms with Gasteiger partial charge >= 0.3 is 0 Å². The van der Waals surface area contributed by atoms with Gasteiger partial charge in [-0.1, -0.05) is 12.1 Å². The van der Waals surface area contributed by atoms with E-state index in [2.05, 4.69) is 42.3 Å². The van der Waals surface area contributed by atoms with Crippen molar-refractivity contribution >= 4 is 5.69 Å². The Morgan fingerprint density at radius 2 is 2.19 bits per heavy atom. The minimum Gasteiger partial charge on any atom is -0.377 e. The van der Waals surface area contributed by atoms with Gasteiger partial charge < -0.3 is 15.0 Å².